The lowest BCUT2D eigenvalue weighted by Crippen LogP contribution is -2.46. The normalized spacial score (nSPS) is 17.3. The zero-order valence-corrected chi connectivity index (χ0v) is 15.9. The summed E-state index contributed by atoms with van der Waals surface area (Å²) in [5.41, 5.74) is 3.48. The number of hydrogen-bond donors (Lipinski definition) is 1. The first-order chi connectivity index (χ1) is 12.9. The molecular formula is C20H25N3O4. The van der Waals surface area contributed by atoms with E-state index in [9.17, 15) is 9.59 Å². The van der Waals surface area contributed by atoms with Crippen LogP contribution in [-0.2, 0) is 9.53 Å². The molecule has 1 aromatic carbocycles. The van der Waals surface area contributed by atoms with Gasteiger partial charge in [-0.3, -0.25) is 9.59 Å². The number of carboxylic acids is 1. The second-order valence-corrected chi connectivity index (χ2v) is 7.19. The van der Waals surface area contributed by atoms with Gasteiger partial charge in [-0.05, 0) is 25.0 Å². The molecule has 2 aromatic rings. The molecule has 7 heteroatoms. The second-order valence-electron chi connectivity index (χ2n) is 7.19. The van der Waals surface area contributed by atoms with Crippen molar-refractivity contribution in [3.8, 4) is 5.69 Å². The third kappa shape index (κ3) is 4.19. The van der Waals surface area contributed by atoms with E-state index < -0.39 is 12.1 Å². The number of benzene rings is 1. The monoisotopic (exact) mass is 371 g/mol. The molecule has 1 N–H and O–H groups in total. The highest BCUT2D eigenvalue weighted by molar-refractivity contribution is 5.95. The second kappa shape index (κ2) is 7.92. The number of hydrogen-bond acceptors (Lipinski definition) is 4. The van der Waals surface area contributed by atoms with Crippen LogP contribution in [0.4, 0.5) is 0 Å². The van der Waals surface area contributed by atoms with Crippen LogP contribution in [0.2, 0.25) is 0 Å². The molecule has 0 spiro atoms. The maximum Gasteiger partial charge on any atom is 0.306 e. The molecule has 1 atom stereocenters. The highest BCUT2D eigenvalue weighted by Gasteiger charge is 2.30. The summed E-state index contributed by atoms with van der Waals surface area (Å²) in [6.07, 6.45) is 1.03. The maximum atomic E-state index is 13.1. The predicted octanol–water partition coefficient (Wildman–Crippen LogP) is 2.62. The predicted molar refractivity (Wildman–Crippen MR) is 100 cm³/mol. The molecule has 1 saturated heterocycles. The molecule has 1 fully saturated rings. The summed E-state index contributed by atoms with van der Waals surface area (Å²) >= 11 is 0. The molecule has 1 aliphatic rings. The van der Waals surface area contributed by atoms with Gasteiger partial charge in [0, 0.05) is 13.1 Å². The van der Waals surface area contributed by atoms with E-state index in [-0.39, 0.29) is 24.8 Å². The lowest BCUT2D eigenvalue weighted by Gasteiger charge is -2.32. The van der Waals surface area contributed by atoms with Crippen molar-refractivity contribution in [3.63, 3.8) is 0 Å². The van der Waals surface area contributed by atoms with Crippen molar-refractivity contribution in [2.45, 2.75) is 39.2 Å². The molecule has 1 amide bonds. The summed E-state index contributed by atoms with van der Waals surface area (Å²) in [5.74, 6) is -0.955. The highest BCUT2D eigenvalue weighted by Crippen LogP contribution is 2.25. The van der Waals surface area contributed by atoms with Crippen molar-refractivity contribution in [3.05, 3.63) is 47.3 Å². The first-order valence-corrected chi connectivity index (χ1v) is 9.14. The molecule has 144 valence electrons. The average Bonchev–Trinajstić information content (AvgIpc) is 3.06. The van der Waals surface area contributed by atoms with E-state index in [1.165, 1.54) is 0 Å². The number of aliphatic carboxylic acids is 1. The molecule has 27 heavy (non-hydrogen) atoms. The molecule has 1 aromatic heterocycles. The van der Waals surface area contributed by atoms with Crippen molar-refractivity contribution < 1.29 is 19.4 Å². The summed E-state index contributed by atoms with van der Waals surface area (Å²) in [7, 11) is 0. The number of carbonyl (C=O) groups is 2. The van der Waals surface area contributed by atoms with Crippen LogP contribution in [0.1, 0.15) is 47.8 Å². The lowest BCUT2D eigenvalue weighted by atomic mass is 10.0. The number of nitrogens with zero attached hydrogens (tertiary/aromatic N) is 3. The van der Waals surface area contributed by atoms with Crippen molar-refractivity contribution in [2.24, 2.45) is 0 Å². The summed E-state index contributed by atoms with van der Waals surface area (Å²) in [5, 5.41) is 13.4. The average molecular weight is 371 g/mol. The zero-order chi connectivity index (χ0) is 19.6. The molecule has 0 saturated carbocycles. The van der Waals surface area contributed by atoms with Gasteiger partial charge in [0.15, 0.2) is 0 Å². The number of carbonyl (C=O) groups excluding carboxylic acids is 1. The Bertz CT molecular complexity index is 826. The largest absolute Gasteiger partial charge is 0.481 e. The van der Waals surface area contributed by atoms with Crippen LogP contribution in [0.5, 0.6) is 0 Å². The van der Waals surface area contributed by atoms with E-state index in [1.807, 2.05) is 49.7 Å². The van der Waals surface area contributed by atoms with E-state index in [1.54, 1.807) is 11.1 Å². The SMILES string of the molecule is Cc1ccc(-n2ncc(C(=O)N3CCOC(CC(=O)O)C3)c2C(C)C)cc1. The van der Waals surface area contributed by atoms with Gasteiger partial charge in [-0.1, -0.05) is 31.5 Å². The van der Waals surface area contributed by atoms with Gasteiger partial charge in [0.1, 0.15) is 0 Å². The highest BCUT2D eigenvalue weighted by atomic mass is 16.5. The summed E-state index contributed by atoms with van der Waals surface area (Å²) in [4.78, 5) is 25.7. The summed E-state index contributed by atoms with van der Waals surface area (Å²) in [6, 6.07) is 8.00. The number of amides is 1. The van der Waals surface area contributed by atoms with Gasteiger partial charge < -0.3 is 14.7 Å². The lowest BCUT2D eigenvalue weighted by molar-refractivity contribution is -0.141. The van der Waals surface area contributed by atoms with E-state index in [0.717, 1.165) is 16.9 Å². The van der Waals surface area contributed by atoms with Crippen LogP contribution in [0.15, 0.2) is 30.5 Å². The molecule has 1 unspecified atom stereocenters. The van der Waals surface area contributed by atoms with Crippen molar-refractivity contribution in [2.75, 3.05) is 19.7 Å². The molecule has 2 heterocycles. The summed E-state index contributed by atoms with van der Waals surface area (Å²) in [6.45, 7) is 7.15. The van der Waals surface area contributed by atoms with Crippen LogP contribution in [0.3, 0.4) is 0 Å². The Morgan fingerprint density at radius 1 is 1.30 bits per heavy atom. The Hall–Kier alpha value is -2.67. The number of aryl methyl sites for hydroxylation is 1. The van der Waals surface area contributed by atoms with Gasteiger partial charge in [-0.15, -0.1) is 0 Å². The Morgan fingerprint density at radius 2 is 2.00 bits per heavy atom. The standard InChI is InChI=1S/C20H25N3O4/c1-13(2)19-17(11-21-23(19)15-6-4-14(3)5-7-15)20(26)22-8-9-27-16(12-22)10-18(24)25/h4-7,11,13,16H,8-10,12H2,1-3H3,(H,24,25). The van der Waals surface area contributed by atoms with Gasteiger partial charge in [-0.25, -0.2) is 4.68 Å². The van der Waals surface area contributed by atoms with Crippen LogP contribution < -0.4 is 0 Å². The Morgan fingerprint density at radius 3 is 2.63 bits per heavy atom. The molecular weight excluding hydrogens is 346 g/mol. The fourth-order valence-corrected chi connectivity index (χ4v) is 3.36. The van der Waals surface area contributed by atoms with Crippen molar-refractivity contribution >= 4 is 11.9 Å². The van der Waals surface area contributed by atoms with E-state index in [4.69, 9.17) is 9.84 Å². The van der Waals surface area contributed by atoms with E-state index in [0.29, 0.717) is 18.7 Å². The van der Waals surface area contributed by atoms with Crippen molar-refractivity contribution in [1.82, 2.24) is 14.7 Å². The van der Waals surface area contributed by atoms with Crippen molar-refractivity contribution in [1.29, 1.82) is 0 Å². The first kappa shape index (κ1) is 19.1. The zero-order valence-electron chi connectivity index (χ0n) is 15.9. The molecule has 7 nitrogen and oxygen atoms in total. The smallest absolute Gasteiger partial charge is 0.306 e. The Balaban J connectivity index is 1.88. The first-order valence-electron chi connectivity index (χ1n) is 9.14. The quantitative estimate of drug-likeness (QED) is 0.873. The van der Waals surface area contributed by atoms with Crippen LogP contribution in [-0.4, -0.2) is 57.5 Å². The number of morpholine rings is 1. The van der Waals surface area contributed by atoms with Crippen LogP contribution in [0, 0.1) is 6.92 Å². The molecule has 0 bridgehead atoms. The Kier molecular flexibility index (Phi) is 5.60. The molecule has 0 aliphatic carbocycles. The van der Waals surface area contributed by atoms with Gasteiger partial charge >= 0.3 is 5.97 Å². The number of aromatic nitrogens is 2. The number of ether oxygens (including phenoxy) is 1. The van der Waals surface area contributed by atoms with E-state index in [2.05, 4.69) is 5.10 Å². The van der Waals surface area contributed by atoms with Gasteiger partial charge in [0.25, 0.3) is 5.91 Å². The third-order valence-corrected chi connectivity index (χ3v) is 4.69. The van der Waals surface area contributed by atoms with E-state index >= 15 is 0 Å². The topological polar surface area (TPSA) is 84.7 Å². The van der Waals surface area contributed by atoms with Crippen LogP contribution >= 0.6 is 0 Å². The van der Waals surface area contributed by atoms with Crippen LogP contribution in [0.25, 0.3) is 5.69 Å². The third-order valence-electron chi connectivity index (χ3n) is 4.69. The maximum absolute atomic E-state index is 13.1. The fourth-order valence-electron chi connectivity index (χ4n) is 3.36. The van der Waals surface area contributed by atoms with Gasteiger partial charge in [0.2, 0.25) is 0 Å². The summed E-state index contributed by atoms with van der Waals surface area (Å²) < 4.78 is 7.28. The minimum absolute atomic E-state index is 0.101. The van der Waals surface area contributed by atoms with Gasteiger partial charge in [-0.2, -0.15) is 5.10 Å². The number of carboxylic acid groups (broad SMARTS) is 1. The minimum atomic E-state index is -0.927. The molecule has 3 rings (SSSR count). The molecule has 1 aliphatic heterocycles. The number of rotatable bonds is 5. The Labute approximate surface area is 158 Å². The molecule has 0 radical (unpaired) electrons. The minimum Gasteiger partial charge on any atom is -0.481 e. The van der Waals surface area contributed by atoms with Gasteiger partial charge in [0.05, 0.1) is 42.3 Å². The fraction of sp³-hybridized carbons (Fsp3) is 0.450.